The van der Waals surface area contributed by atoms with Gasteiger partial charge in [-0.2, -0.15) is 8.78 Å². The van der Waals surface area contributed by atoms with Crippen LogP contribution < -0.4 is 0 Å². The van der Waals surface area contributed by atoms with Gasteiger partial charge in [-0.05, 0) is 6.42 Å². The normalized spacial score (nSPS) is 9.78. The van der Waals surface area contributed by atoms with Crippen LogP contribution in [0.2, 0.25) is 0 Å². The number of ether oxygens (including phenoxy) is 1. The largest absolute Gasteiger partial charge is 0.461 e. The van der Waals surface area contributed by atoms with Crippen molar-refractivity contribution in [2.75, 3.05) is 6.61 Å². The summed E-state index contributed by atoms with van der Waals surface area (Å²) in [5.41, 5.74) is 0. The third-order valence-electron chi connectivity index (χ3n) is 0.592. The van der Waals surface area contributed by atoms with Gasteiger partial charge in [0.15, 0.2) is 0 Å². The first-order valence-electron chi connectivity index (χ1n) is 2.53. The second kappa shape index (κ2) is 4.23. The number of carbonyl (C=O) groups excluding carboxylic acids is 1. The maximum Gasteiger partial charge on any atom is 0.415 e. The summed E-state index contributed by atoms with van der Waals surface area (Å²) in [6, 6.07) is 0. The van der Waals surface area contributed by atoms with Gasteiger partial charge in [0.1, 0.15) is 0 Å². The molecule has 0 aliphatic carbocycles. The van der Waals surface area contributed by atoms with Crippen LogP contribution in [0.3, 0.4) is 0 Å². The molecule has 0 rings (SSSR count). The molecule has 0 fully saturated rings. The lowest BCUT2D eigenvalue weighted by molar-refractivity contribution is -0.147. The van der Waals surface area contributed by atoms with E-state index in [1.165, 1.54) is 0 Å². The van der Waals surface area contributed by atoms with Crippen LogP contribution in [0.5, 0.6) is 0 Å². The quantitative estimate of drug-likeness (QED) is 0.549. The van der Waals surface area contributed by atoms with E-state index in [1.807, 2.05) is 0 Å². The number of hydrogen-bond donors (Lipinski definition) is 0. The Morgan fingerprint density at radius 1 is 1.56 bits per heavy atom. The fourth-order valence-electron chi connectivity index (χ4n) is 0.249. The first-order chi connectivity index (χ1) is 4.18. The highest BCUT2D eigenvalue weighted by Crippen LogP contribution is 2.04. The molecule has 1 radical (unpaired) electrons. The predicted molar refractivity (Wildman–Crippen MR) is 26.7 cm³/mol. The molecule has 0 aliphatic rings. The summed E-state index contributed by atoms with van der Waals surface area (Å²) >= 11 is 0. The van der Waals surface area contributed by atoms with Gasteiger partial charge in [0.05, 0.1) is 6.61 Å². The molecule has 0 atom stereocenters. The smallest absolute Gasteiger partial charge is 0.415 e. The first kappa shape index (κ1) is 8.33. The predicted octanol–water partition coefficient (Wildman–Crippen LogP) is 1.37. The molecule has 0 saturated carbocycles. The Balaban J connectivity index is 3.28. The molecule has 2 nitrogen and oxygen atoms in total. The van der Waals surface area contributed by atoms with Crippen molar-refractivity contribution in [3.05, 3.63) is 6.43 Å². The maximum atomic E-state index is 11.2. The standard InChI is InChI=1S/C5H7F2O2/c1-2-3-9-5(8)4(6)7/h2-3H2,1H3. The Bertz CT molecular complexity index is 93.0. The molecule has 0 heterocycles. The zero-order valence-electron chi connectivity index (χ0n) is 4.99. The first-order valence-corrected chi connectivity index (χ1v) is 2.53. The summed E-state index contributed by atoms with van der Waals surface area (Å²) in [6.45, 7) is 1.78. The Kier molecular flexibility index (Phi) is 3.92. The van der Waals surface area contributed by atoms with Gasteiger partial charge in [0, 0.05) is 0 Å². The minimum Gasteiger partial charge on any atom is -0.461 e. The fourth-order valence-corrected chi connectivity index (χ4v) is 0.249. The molecule has 0 unspecified atom stereocenters. The van der Waals surface area contributed by atoms with Gasteiger partial charge in [-0.15, -0.1) is 0 Å². The van der Waals surface area contributed by atoms with Crippen molar-refractivity contribution in [3.63, 3.8) is 0 Å². The molecule has 0 amide bonds. The van der Waals surface area contributed by atoms with E-state index in [9.17, 15) is 13.6 Å². The molecule has 53 valence electrons. The molecular formula is C5H7F2O2. The van der Waals surface area contributed by atoms with E-state index in [1.54, 1.807) is 6.92 Å². The van der Waals surface area contributed by atoms with Crippen LogP contribution in [-0.2, 0) is 9.53 Å². The minimum absolute atomic E-state index is 0.0518. The van der Waals surface area contributed by atoms with Crippen molar-refractivity contribution >= 4 is 5.97 Å². The van der Waals surface area contributed by atoms with Gasteiger partial charge >= 0.3 is 12.4 Å². The van der Waals surface area contributed by atoms with Gasteiger partial charge in [-0.1, -0.05) is 6.92 Å². The average molecular weight is 137 g/mol. The summed E-state index contributed by atoms with van der Waals surface area (Å²) < 4.78 is 26.4. The Morgan fingerprint density at radius 2 is 2.11 bits per heavy atom. The topological polar surface area (TPSA) is 26.3 Å². The van der Waals surface area contributed by atoms with Gasteiger partial charge in [-0.3, -0.25) is 0 Å². The summed E-state index contributed by atoms with van der Waals surface area (Å²) in [4.78, 5) is 9.89. The molecule has 9 heavy (non-hydrogen) atoms. The molecule has 0 N–H and O–H groups in total. The van der Waals surface area contributed by atoms with Crippen LogP contribution in [0, 0.1) is 6.43 Å². The van der Waals surface area contributed by atoms with E-state index in [2.05, 4.69) is 4.74 Å². The van der Waals surface area contributed by atoms with E-state index < -0.39 is 12.4 Å². The number of hydrogen-bond acceptors (Lipinski definition) is 2. The lowest BCUT2D eigenvalue weighted by atomic mass is 10.5. The molecule has 0 saturated heterocycles. The summed E-state index contributed by atoms with van der Waals surface area (Å²) in [5, 5.41) is 0. The van der Waals surface area contributed by atoms with Gasteiger partial charge in [0.2, 0.25) is 0 Å². The lowest BCUT2D eigenvalue weighted by Gasteiger charge is -1.97. The lowest BCUT2D eigenvalue weighted by Crippen LogP contribution is -2.08. The summed E-state index contributed by atoms with van der Waals surface area (Å²) in [6.07, 6.45) is -1.73. The van der Waals surface area contributed by atoms with E-state index in [-0.39, 0.29) is 6.61 Å². The van der Waals surface area contributed by atoms with Crippen molar-refractivity contribution in [1.29, 1.82) is 0 Å². The minimum atomic E-state index is -2.29. The number of rotatable bonds is 3. The van der Waals surface area contributed by atoms with Gasteiger partial charge in [-0.25, -0.2) is 4.79 Å². The number of carbonyl (C=O) groups is 1. The van der Waals surface area contributed by atoms with E-state index >= 15 is 0 Å². The van der Waals surface area contributed by atoms with E-state index in [0.717, 1.165) is 0 Å². The monoisotopic (exact) mass is 137 g/mol. The molecule has 0 bridgehead atoms. The highest BCUT2D eigenvalue weighted by molar-refractivity contribution is 5.80. The number of esters is 1. The van der Waals surface area contributed by atoms with Crippen LogP contribution in [-0.4, -0.2) is 12.6 Å². The van der Waals surface area contributed by atoms with Gasteiger partial charge < -0.3 is 4.74 Å². The third kappa shape index (κ3) is 3.88. The summed E-state index contributed by atoms with van der Waals surface area (Å²) in [5.74, 6) is -1.52. The van der Waals surface area contributed by atoms with Gasteiger partial charge in [0.25, 0.3) is 0 Å². The molecule has 0 aromatic rings. The van der Waals surface area contributed by atoms with Crippen molar-refractivity contribution in [1.82, 2.24) is 0 Å². The Labute approximate surface area is 51.8 Å². The van der Waals surface area contributed by atoms with Crippen LogP contribution in [0.15, 0.2) is 0 Å². The van der Waals surface area contributed by atoms with Crippen LogP contribution >= 0.6 is 0 Å². The SMILES string of the molecule is CCCOC(=O)[C](F)F. The highest BCUT2D eigenvalue weighted by Gasteiger charge is 2.18. The third-order valence-corrected chi connectivity index (χ3v) is 0.592. The molecule has 0 aromatic heterocycles. The summed E-state index contributed by atoms with van der Waals surface area (Å²) in [7, 11) is 0. The second-order valence-electron chi connectivity index (χ2n) is 1.40. The molecule has 0 spiro atoms. The maximum absolute atomic E-state index is 11.2. The molecule has 0 aromatic carbocycles. The van der Waals surface area contributed by atoms with E-state index in [4.69, 9.17) is 0 Å². The molecular weight excluding hydrogens is 130 g/mol. The molecule has 0 aliphatic heterocycles. The Hall–Kier alpha value is -0.670. The Morgan fingerprint density at radius 3 is 2.44 bits per heavy atom. The van der Waals surface area contributed by atoms with Crippen LogP contribution in [0.25, 0.3) is 0 Å². The molecule has 4 heteroatoms. The van der Waals surface area contributed by atoms with Crippen LogP contribution in [0.1, 0.15) is 13.3 Å². The van der Waals surface area contributed by atoms with Crippen molar-refractivity contribution < 1.29 is 18.3 Å². The fraction of sp³-hybridized carbons (Fsp3) is 0.600. The van der Waals surface area contributed by atoms with Crippen molar-refractivity contribution in [3.8, 4) is 0 Å². The second-order valence-corrected chi connectivity index (χ2v) is 1.40. The van der Waals surface area contributed by atoms with E-state index in [0.29, 0.717) is 6.42 Å². The van der Waals surface area contributed by atoms with Crippen molar-refractivity contribution in [2.45, 2.75) is 13.3 Å². The number of halogens is 2. The van der Waals surface area contributed by atoms with Crippen LogP contribution in [0.4, 0.5) is 8.78 Å². The zero-order valence-corrected chi connectivity index (χ0v) is 4.99. The van der Waals surface area contributed by atoms with Crippen molar-refractivity contribution in [2.24, 2.45) is 0 Å². The highest BCUT2D eigenvalue weighted by atomic mass is 19.3. The average Bonchev–Trinajstić information content (AvgIpc) is 1.82. The zero-order chi connectivity index (χ0) is 7.28.